The minimum Gasteiger partial charge on any atom is -0.461 e. The monoisotopic (exact) mass is 455 g/mol. The standard InChI is InChI=1S/C21H18BrN3O4/c1-3-28-21(26)20-15(11-27-2)19-14-8-13(29-18-7-4-12(22)9-23-18)5-6-16(14)25-17(19)10-24-20/h4-10,25H,3,11H2,1-2H3. The summed E-state index contributed by atoms with van der Waals surface area (Å²) in [6, 6.07) is 9.33. The third kappa shape index (κ3) is 3.81. The van der Waals surface area contributed by atoms with Crippen molar-refractivity contribution in [2.24, 2.45) is 0 Å². The Morgan fingerprint density at radius 1 is 1.14 bits per heavy atom. The van der Waals surface area contributed by atoms with Crippen LogP contribution in [-0.2, 0) is 16.1 Å². The molecule has 148 valence electrons. The molecule has 0 amide bonds. The highest BCUT2D eigenvalue weighted by Gasteiger charge is 2.20. The number of fused-ring (bicyclic) bond motifs is 3. The van der Waals surface area contributed by atoms with Gasteiger partial charge in [-0.1, -0.05) is 0 Å². The van der Waals surface area contributed by atoms with E-state index in [2.05, 4.69) is 30.9 Å². The quantitative estimate of drug-likeness (QED) is 0.412. The largest absolute Gasteiger partial charge is 0.461 e. The first kappa shape index (κ1) is 19.4. The number of pyridine rings is 2. The maximum Gasteiger partial charge on any atom is 0.357 e. The van der Waals surface area contributed by atoms with E-state index in [1.54, 1.807) is 32.5 Å². The minimum atomic E-state index is -0.470. The molecule has 8 heteroatoms. The summed E-state index contributed by atoms with van der Waals surface area (Å²) in [5, 5.41) is 1.75. The van der Waals surface area contributed by atoms with Gasteiger partial charge in [-0.25, -0.2) is 14.8 Å². The minimum absolute atomic E-state index is 0.227. The van der Waals surface area contributed by atoms with Gasteiger partial charge in [0, 0.05) is 45.7 Å². The number of aromatic amines is 1. The summed E-state index contributed by atoms with van der Waals surface area (Å²) in [6.07, 6.45) is 3.31. The molecule has 0 saturated carbocycles. The number of nitrogens with one attached hydrogen (secondary N) is 1. The number of hydrogen-bond acceptors (Lipinski definition) is 6. The molecule has 0 saturated heterocycles. The molecule has 4 aromatic rings. The normalized spacial score (nSPS) is 11.1. The zero-order valence-corrected chi connectivity index (χ0v) is 17.4. The number of aromatic nitrogens is 3. The summed E-state index contributed by atoms with van der Waals surface area (Å²) in [4.78, 5) is 24.3. The SMILES string of the molecule is CCOC(=O)c1ncc2[nH]c3ccc(Oc4ccc(Br)cn4)cc3c2c1COC. The second-order valence-corrected chi connectivity index (χ2v) is 7.19. The second-order valence-electron chi connectivity index (χ2n) is 6.28. The molecule has 1 aromatic carbocycles. The van der Waals surface area contributed by atoms with Gasteiger partial charge in [-0.2, -0.15) is 0 Å². The Morgan fingerprint density at radius 2 is 2.00 bits per heavy atom. The van der Waals surface area contributed by atoms with Gasteiger partial charge in [0.05, 0.1) is 24.9 Å². The van der Waals surface area contributed by atoms with E-state index in [0.717, 1.165) is 26.3 Å². The van der Waals surface area contributed by atoms with E-state index in [9.17, 15) is 4.79 Å². The summed E-state index contributed by atoms with van der Waals surface area (Å²) in [5.74, 6) is 0.645. The van der Waals surface area contributed by atoms with Crippen molar-refractivity contribution in [2.75, 3.05) is 13.7 Å². The lowest BCUT2D eigenvalue weighted by Gasteiger charge is -2.09. The first-order chi connectivity index (χ1) is 14.1. The van der Waals surface area contributed by atoms with Gasteiger partial charge in [-0.3, -0.25) is 0 Å². The molecule has 0 atom stereocenters. The Bertz CT molecular complexity index is 1190. The van der Waals surface area contributed by atoms with E-state index < -0.39 is 5.97 Å². The Hall–Kier alpha value is -2.97. The highest BCUT2D eigenvalue weighted by Crippen LogP contribution is 2.33. The van der Waals surface area contributed by atoms with Crippen LogP contribution >= 0.6 is 15.9 Å². The summed E-state index contributed by atoms with van der Waals surface area (Å²) >= 11 is 3.36. The molecule has 0 unspecified atom stereocenters. The third-order valence-corrected chi connectivity index (χ3v) is 4.86. The molecule has 0 spiro atoms. The van der Waals surface area contributed by atoms with Crippen molar-refractivity contribution in [1.29, 1.82) is 0 Å². The molecule has 0 aliphatic carbocycles. The second kappa shape index (κ2) is 8.18. The zero-order valence-electron chi connectivity index (χ0n) is 15.9. The lowest BCUT2D eigenvalue weighted by molar-refractivity contribution is 0.0514. The van der Waals surface area contributed by atoms with Crippen LogP contribution in [0.4, 0.5) is 0 Å². The van der Waals surface area contributed by atoms with Crippen LogP contribution in [-0.4, -0.2) is 34.6 Å². The molecule has 1 N–H and O–H groups in total. The number of H-pyrrole nitrogens is 1. The lowest BCUT2D eigenvalue weighted by atomic mass is 10.1. The molecular weight excluding hydrogens is 438 g/mol. The van der Waals surface area contributed by atoms with Crippen LogP contribution < -0.4 is 4.74 Å². The number of ether oxygens (including phenoxy) is 3. The average molecular weight is 456 g/mol. The topological polar surface area (TPSA) is 86.3 Å². The van der Waals surface area contributed by atoms with Crippen molar-refractivity contribution < 1.29 is 19.0 Å². The average Bonchev–Trinajstić information content (AvgIpc) is 3.08. The molecule has 4 rings (SSSR count). The third-order valence-electron chi connectivity index (χ3n) is 4.39. The molecular formula is C21H18BrN3O4. The number of carbonyl (C=O) groups is 1. The fraction of sp³-hybridized carbons (Fsp3) is 0.190. The molecule has 7 nitrogen and oxygen atoms in total. The Kier molecular flexibility index (Phi) is 5.46. The van der Waals surface area contributed by atoms with E-state index in [0.29, 0.717) is 17.2 Å². The van der Waals surface area contributed by atoms with Gasteiger partial charge in [-0.05, 0) is 47.1 Å². The number of carbonyl (C=O) groups excluding carboxylic acids is 1. The van der Waals surface area contributed by atoms with Crippen LogP contribution in [0, 0.1) is 0 Å². The van der Waals surface area contributed by atoms with Crippen LogP contribution in [0.2, 0.25) is 0 Å². The number of hydrogen-bond donors (Lipinski definition) is 1. The van der Waals surface area contributed by atoms with Crippen molar-refractivity contribution in [3.05, 3.63) is 58.5 Å². The van der Waals surface area contributed by atoms with Crippen molar-refractivity contribution in [2.45, 2.75) is 13.5 Å². The fourth-order valence-electron chi connectivity index (χ4n) is 3.21. The van der Waals surface area contributed by atoms with Crippen molar-refractivity contribution in [3.63, 3.8) is 0 Å². The van der Waals surface area contributed by atoms with Crippen LogP contribution in [0.25, 0.3) is 21.8 Å². The molecule has 0 bridgehead atoms. The van der Waals surface area contributed by atoms with Crippen molar-refractivity contribution in [1.82, 2.24) is 15.0 Å². The van der Waals surface area contributed by atoms with Crippen LogP contribution in [0.5, 0.6) is 11.6 Å². The number of benzene rings is 1. The molecule has 0 fully saturated rings. The number of halogens is 1. The highest BCUT2D eigenvalue weighted by atomic mass is 79.9. The Morgan fingerprint density at radius 3 is 2.72 bits per heavy atom. The molecule has 3 aromatic heterocycles. The van der Waals surface area contributed by atoms with Crippen molar-refractivity contribution in [3.8, 4) is 11.6 Å². The molecule has 0 radical (unpaired) electrons. The van der Waals surface area contributed by atoms with E-state index in [1.807, 2.05) is 24.3 Å². The van der Waals surface area contributed by atoms with Gasteiger partial charge < -0.3 is 19.2 Å². The van der Waals surface area contributed by atoms with Crippen LogP contribution in [0.1, 0.15) is 23.0 Å². The molecule has 0 aliphatic rings. The smallest absolute Gasteiger partial charge is 0.357 e. The summed E-state index contributed by atoms with van der Waals surface area (Å²) in [7, 11) is 1.58. The molecule has 3 heterocycles. The first-order valence-electron chi connectivity index (χ1n) is 8.99. The lowest BCUT2D eigenvalue weighted by Crippen LogP contribution is -2.11. The van der Waals surface area contributed by atoms with Gasteiger partial charge in [0.25, 0.3) is 0 Å². The predicted molar refractivity (Wildman–Crippen MR) is 112 cm³/mol. The first-order valence-corrected chi connectivity index (χ1v) is 9.78. The number of methoxy groups -OCH3 is 1. The van der Waals surface area contributed by atoms with Crippen molar-refractivity contribution >= 4 is 43.7 Å². The fourth-order valence-corrected chi connectivity index (χ4v) is 3.44. The van der Waals surface area contributed by atoms with Gasteiger partial charge in [0.2, 0.25) is 5.88 Å². The van der Waals surface area contributed by atoms with Gasteiger partial charge in [0.15, 0.2) is 5.69 Å². The van der Waals surface area contributed by atoms with Gasteiger partial charge in [0.1, 0.15) is 5.75 Å². The van der Waals surface area contributed by atoms with E-state index in [-0.39, 0.29) is 18.9 Å². The summed E-state index contributed by atoms with van der Waals surface area (Å²) < 4.78 is 17.3. The summed E-state index contributed by atoms with van der Waals surface area (Å²) in [6.45, 7) is 2.26. The number of nitrogens with zero attached hydrogens (tertiary/aromatic N) is 2. The van der Waals surface area contributed by atoms with Crippen LogP contribution in [0.15, 0.2) is 47.2 Å². The van der Waals surface area contributed by atoms with E-state index in [4.69, 9.17) is 14.2 Å². The highest BCUT2D eigenvalue weighted by molar-refractivity contribution is 9.10. The van der Waals surface area contributed by atoms with Gasteiger partial charge >= 0.3 is 5.97 Å². The molecule has 29 heavy (non-hydrogen) atoms. The Balaban J connectivity index is 1.85. The number of esters is 1. The zero-order chi connectivity index (χ0) is 20.4. The predicted octanol–water partition coefficient (Wildman–Crippen LogP) is 4.99. The maximum atomic E-state index is 12.4. The van der Waals surface area contributed by atoms with Gasteiger partial charge in [-0.15, -0.1) is 0 Å². The number of rotatable bonds is 6. The Labute approximate surface area is 175 Å². The van der Waals surface area contributed by atoms with Crippen LogP contribution in [0.3, 0.4) is 0 Å². The molecule has 0 aliphatic heterocycles. The van der Waals surface area contributed by atoms with E-state index in [1.165, 1.54) is 0 Å². The van der Waals surface area contributed by atoms with E-state index >= 15 is 0 Å². The maximum absolute atomic E-state index is 12.4. The summed E-state index contributed by atoms with van der Waals surface area (Å²) in [5.41, 5.74) is 2.63.